The Hall–Kier alpha value is -5.24. The van der Waals surface area contributed by atoms with Crippen molar-refractivity contribution in [2.45, 2.75) is 6.92 Å². The summed E-state index contributed by atoms with van der Waals surface area (Å²) < 4.78 is 11.5. The van der Waals surface area contributed by atoms with E-state index in [0.717, 1.165) is 16.0 Å². The van der Waals surface area contributed by atoms with Gasteiger partial charge in [-0.25, -0.2) is 14.7 Å². The minimum Gasteiger partial charge on any atom is -0.495 e. The van der Waals surface area contributed by atoms with Crippen LogP contribution in [0.3, 0.4) is 0 Å². The van der Waals surface area contributed by atoms with Crippen LogP contribution in [0, 0.1) is 6.92 Å². The lowest BCUT2D eigenvalue weighted by Gasteiger charge is -2.18. The number of methoxy groups -OCH3 is 1. The van der Waals surface area contributed by atoms with Gasteiger partial charge in [0.1, 0.15) is 11.3 Å². The first-order valence-corrected chi connectivity index (χ1v) is 11.8. The quantitative estimate of drug-likeness (QED) is 0.293. The Labute approximate surface area is 216 Å². The fourth-order valence-electron chi connectivity index (χ4n) is 4.57. The van der Waals surface area contributed by atoms with Gasteiger partial charge in [-0.1, -0.05) is 35.9 Å². The van der Waals surface area contributed by atoms with Crippen LogP contribution in [0.15, 0.2) is 83.3 Å². The van der Waals surface area contributed by atoms with Crippen LogP contribution in [0.2, 0.25) is 0 Å². The van der Waals surface area contributed by atoms with E-state index in [1.165, 1.54) is 30.9 Å². The smallest absolute Gasteiger partial charge is 0.335 e. The molecule has 0 atom stereocenters. The largest absolute Gasteiger partial charge is 0.495 e. The van der Waals surface area contributed by atoms with Gasteiger partial charge >= 0.3 is 5.97 Å². The molecule has 1 N–H and O–H groups in total. The van der Waals surface area contributed by atoms with Gasteiger partial charge in [0.15, 0.2) is 5.58 Å². The van der Waals surface area contributed by atoms with Gasteiger partial charge in [-0.05, 0) is 66.6 Å². The molecule has 4 aromatic carbocycles. The molecule has 1 aliphatic heterocycles. The van der Waals surface area contributed by atoms with E-state index in [2.05, 4.69) is 17.1 Å². The number of carbonyl (C=O) groups is 3. The molecule has 38 heavy (non-hydrogen) atoms. The molecule has 0 fully saturated rings. The zero-order valence-electron chi connectivity index (χ0n) is 20.4. The third kappa shape index (κ3) is 3.70. The second-order valence-corrected chi connectivity index (χ2v) is 8.97. The summed E-state index contributed by atoms with van der Waals surface area (Å²) in [6, 6.07) is 22.8. The molecule has 0 unspecified atom stereocenters. The number of aromatic carboxylic acids is 1. The Balaban J connectivity index is 1.40. The highest BCUT2D eigenvalue weighted by Gasteiger charge is 2.39. The first-order chi connectivity index (χ1) is 18.3. The van der Waals surface area contributed by atoms with Gasteiger partial charge < -0.3 is 14.3 Å². The molecule has 0 spiro atoms. The highest BCUT2D eigenvalue weighted by atomic mass is 16.5. The lowest BCUT2D eigenvalue weighted by molar-refractivity contribution is 0.0696. The van der Waals surface area contributed by atoms with E-state index in [9.17, 15) is 19.5 Å². The van der Waals surface area contributed by atoms with Crippen molar-refractivity contribution in [2.75, 3.05) is 12.0 Å². The predicted molar refractivity (Wildman–Crippen MR) is 141 cm³/mol. The van der Waals surface area contributed by atoms with E-state index in [0.29, 0.717) is 28.3 Å². The number of amides is 2. The van der Waals surface area contributed by atoms with Crippen molar-refractivity contribution >= 4 is 34.6 Å². The number of hydrogen-bond donors (Lipinski definition) is 1. The van der Waals surface area contributed by atoms with Gasteiger partial charge in [-0.15, -0.1) is 0 Å². The number of anilines is 1. The van der Waals surface area contributed by atoms with Crippen LogP contribution >= 0.6 is 0 Å². The second-order valence-electron chi connectivity index (χ2n) is 8.97. The van der Waals surface area contributed by atoms with Gasteiger partial charge in [-0.3, -0.25) is 9.59 Å². The van der Waals surface area contributed by atoms with Crippen molar-refractivity contribution in [3.8, 4) is 28.3 Å². The van der Waals surface area contributed by atoms with E-state index in [4.69, 9.17) is 9.15 Å². The van der Waals surface area contributed by atoms with Gasteiger partial charge in [0.05, 0.1) is 29.5 Å². The zero-order chi connectivity index (χ0) is 26.6. The molecule has 0 saturated carbocycles. The minimum absolute atomic E-state index is 0.0212. The number of hydrogen-bond acceptors (Lipinski definition) is 6. The Bertz CT molecular complexity index is 1790. The predicted octanol–water partition coefficient (Wildman–Crippen LogP) is 5.98. The maximum atomic E-state index is 13.3. The van der Waals surface area contributed by atoms with Crippen molar-refractivity contribution in [1.82, 2.24) is 4.98 Å². The Morgan fingerprint density at radius 1 is 0.842 bits per heavy atom. The number of carboxylic acids is 1. The molecule has 8 heteroatoms. The number of aromatic nitrogens is 1. The maximum Gasteiger partial charge on any atom is 0.335 e. The van der Waals surface area contributed by atoms with E-state index < -0.39 is 17.8 Å². The molecule has 5 aromatic rings. The summed E-state index contributed by atoms with van der Waals surface area (Å²) in [6.45, 7) is 2.04. The summed E-state index contributed by atoms with van der Waals surface area (Å²) in [5, 5.41) is 9.30. The normalized spacial score (nSPS) is 12.7. The molecule has 1 aromatic heterocycles. The summed E-state index contributed by atoms with van der Waals surface area (Å²) in [7, 11) is 1.44. The van der Waals surface area contributed by atoms with Crippen LogP contribution < -0.4 is 9.64 Å². The molecule has 0 aliphatic carbocycles. The standard InChI is InChI=1S/C30H20N2O6/c1-16-3-5-17(6-4-16)18-8-11-25-23(14-18)31-27(38-25)19-9-12-26(37-2)24(15-19)32-28(33)21-10-7-20(30(35)36)13-22(21)29(32)34/h3-15H,1-2H3,(H,35,36). The van der Waals surface area contributed by atoms with Crippen molar-refractivity contribution in [3.63, 3.8) is 0 Å². The summed E-state index contributed by atoms with van der Waals surface area (Å²) >= 11 is 0. The molecule has 6 rings (SSSR count). The number of aryl methyl sites for hydroxylation is 1. The number of oxazole rings is 1. The Kier molecular flexibility index (Phi) is 5.31. The molecule has 186 valence electrons. The number of carbonyl (C=O) groups excluding carboxylic acids is 2. The first-order valence-electron chi connectivity index (χ1n) is 11.8. The number of fused-ring (bicyclic) bond motifs is 2. The van der Waals surface area contributed by atoms with Crippen molar-refractivity contribution < 1.29 is 28.6 Å². The molecule has 0 bridgehead atoms. The molecule has 0 radical (unpaired) electrons. The maximum absolute atomic E-state index is 13.3. The fourth-order valence-corrected chi connectivity index (χ4v) is 4.57. The van der Waals surface area contributed by atoms with Crippen molar-refractivity contribution in [2.24, 2.45) is 0 Å². The number of rotatable bonds is 5. The van der Waals surface area contributed by atoms with Crippen LogP contribution in [0.25, 0.3) is 33.7 Å². The second kappa shape index (κ2) is 8.70. The number of carboxylic acid groups (broad SMARTS) is 1. The summed E-state index contributed by atoms with van der Waals surface area (Å²) in [6.07, 6.45) is 0. The van der Waals surface area contributed by atoms with Gasteiger partial charge in [0.2, 0.25) is 5.89 Å². The SMILES string of the molecule is COc1ccc(-c2nc3cc(-c4ccc(C)cc4)ccc3o2)cc1N1C(=O)c2ccc(C(=O)O)cc2C1=O. The zero-order valence-corrected chi connectivity index (χ0v) is 20.4. The van der Waals surface area contributed by atoms with Gasteiger partial charge in [0, 0.05) is 5.56 Å². The lowest BCUT2D eigenvalue weighted by atomic mass is 10.0. The number of nitrogens with zero attached hydrogens (tertiary/aromatic N) is 2. The third-order valence-electron chi connectivity index (χ3n) is 6.57. The van der Waals surface area contributed by atoms with Gasteiger partial charge in [-0.2, -0.15) is 0 Å². The average molecular weight is 504 g/mol. The molecule has 0 saturated heterocycles. The van der Waals surface area contributed by atoms with Crippen molar-refractivity contribution in [3.05, 3.63) is 101 Å². The van der Waals surface area contributed by atoms with Crippen LogP contribution in [0.1, 0.15) is 36.6 Å². The molecular weight excluding hydrogens is 484 g/mol. The highest BCUT2D eigenvalue weighted by Crippen LogP contribution is 2.39. The number of imide groups is 1. The molecule has 8 nitrogen and oxygen atoms in total. The molecular formula is C30H20N2O6. The fraction of sp³-hybridized carbons (Fsp3) is 0.0667. The van der Waals surface area contributed by atoms with Crippen LogP contribution in [0.4, 0.5) is 5.69 Å². The monoisotopic (exact) mass is 504 g/mol. The van der Waals surface area contributed by atoms with E-state index in [1.807, 2.05) is 37.3 Å². The van der Waals surface area contributed by atoms with E-state index >= 15 is 0 Å². The van der Waals surface area contributed by atoms with Crippen LogP contribution in [-0.4, -0.2) is 35.0 Å². The van der Waals surface area contributed by atoms with Crippen LogP contribution in [-0.2, 0) is 0 Å². The van der Waals surface area contributed by atoms with E-state index in [1.54, 1.807) is 18.2 Å². The summed E-state index contributed by atoms with van der Waals surface area (Å²) in [5.74, 6) is -1.79. The Morgan fingerprint density at radius 2 is 1.55 bits per heavy atom. The third-order valence-corrected chi connectivity index (χ3v) is 6.57. The van der Waals surface area contributed by atoms with Crippen molar-refractivity contribution in [1.29, 1.82) is 0 Å². The molecule has 1 aliphatic rings. The minimum atomic E-state index is -1.19. The van der Waals surface area contributed by atoms with E-state index in [-0.39, 0.29) is 22.4 Å². The Morgan fingerprint density at radius 3 is 2.29 bits per heavy atom. The lowest BCUT2D eigenvalue weighted by Crippen LogP contribution is -2.29. The summed E-state index contributed by atoms with van der Waals surface area (Å²) in [4.78, 5) is 43.5. The number of ether oxygens (including phenoxy) is 1. The highest BCUT2D eigenvalue weighted by molar-refractivity contribution is 6.35. The van der Waals surface area contributed by atoms with Gasteiger partial charge in [0.25, 0.3) is 11.8 Å². The number of benzene rings is 4. The average Bonchev–Trinajstić information content (AvgIpc) is 3.46. The summed E-state index contributed by atoms with van der Waals surface area (Å²) in [5.41, 5.74) is 5.30. The topological polar surface area (TPSA) is 110 Å². The van der Waals surface area contributed by atoms with Crippen LogP contribution in [0.5, 0.6) is 5.75 Å². The molecule has 2 amide bonds. The first kappa shape index (κ1) is 23.2. The molecule has 2 heterocycles.